The molecule has 1 saturated heterocycles. The van der Waals surface area contributed by atoms with E-state index >= 15 is 0 Å². The molecule has 1 fully saturated rings. The van der Waals surface area contributed by atoms with Gasteiger partial charge >= 0.3 is 0 Å². The van der Waals surface area contributed by atoms with Gasteiger partial charge < -0.3 is 5.11 Å². The van der Waals surface area contributed by atoms with E-state index in [2.05, 4.69) is 4.90 Å². The van der Waals surface area contributed by atoms with E-state index in [1.54, 1.807) is 6.07 Å². The highest BCUT2D eigenvalue weighted by Crippen LogP contribution is 2.24. The third kappa shape index (κ3) is 2.62. The van der Waals surface area contributed by atoms with E-state index in [-0.39, 0.29) is 11.9 Å². The van der Waals surface area contributed by atoms with E-state index in [0.717, 1.165) is 43.4 Å². The van der Waals surface area contributed by atoms with E-state index in [1.807, 2.05) is 30.3 Å². The van der Waals surface area contributed by atoms with Crippen LogP contribution in [0.3, 0.4) is 0 Å². The van der Waals surface area contributed by atoms with Crippen LogP contribution in [0.4, 0.5) is 4.39 Å². The fourth-order valence-electron chi connectivity index (χ4n) is 2.78. The van der Waals surface area contributed by atoms with Gasteiger partial charge in [0.25, 0.3) is 0 Å². The summed E-state index contributed by atoms with van der Waals surface area (Å²) in [7, 11) is 0. The summed E-state index contributed by atoms with van der Waals surface area (Å²) in [6, 6.07) is 11.1. The van der Waals surface area contributed by atoms with Gasteiger partial charge in [0.05, 0.1) is 6.10 Å². The Morgan fingerprint density at radius 1 is 1.05 bits per heavy atom. The maximum atomic E-state index is 13.7. The quantitative estimate of drug-likeness (QED) is 0.896. The van der Waals surface area contributed by atoms with Crippen LogP contribution in [-0.4, -0.2) is 29.2 Å². The first-order chi connectivity index (χ1) is 9.24. The van der Waals surface area contributed by atoms with Crippen LogP contribution in [-0.2, 0) is 6.54 Å². The molecule has 0 bridgehead atoms. The molecule has 1 N–H and O–H groups in total. The minimum absolute atomic E-state index is 0.152. The zero-order valence-corrected chi connectivity index (χ0v) is 10.8. The maximum absolute atomic E-state index is 13.7. The molecule has 0 aliphatic carbocycles. The number of nitrogens with zero attached hydrogens (tertiary/aromatic N) is 1. The van der Waals surface area contributed by atoms with Crippen molar-refractivity contribution in [1.82, 2.24) is 4.90 Å². The number of halogens is 1. The smallest absolute Gasteiger partial charge is 0.131 e. The first-order valence-corrected chi connectivity index (χ1v) is 6.80. The number of hydrogen-bond donors (Lipinski definition) is 1. The molecule has 3 heteroatoms. The average Bonchev–Trinajstić information content (AvgIpc) is 2.45. The molecule has 3 rings (SSSR count). The van der Waals surface area contributed by atoms with Crippen LogP contribution >= 0.6 is 0 Å². The molecular weight excluding hydrogens is 241 g/mol. The Morgan fingerprint density at radius 3 is 2.47 bits per heavy atom. The lowest BCUT2D eigenvalue weighted by Gasteiger charge is -2.29. The molecule has 2 aromatic rings. The highest BCUT2D eigenvalue weighted by Gasteiger charge is 2.17. The Labute approximate surface area is 112 Å². The van der Waals surface area contributed by atoms with Gasteiger partial charge in [0.2, 0.25) is 0 Å². The van der Waals surface area contributed by atoms with Crippen LogP contribution in [0, 0.1) is 5.82 Å². The number of hydrogen-bond acceptors (Lipinski definition) is 2. The maximum Gasteiger partial charge on any atom is 0.131 e. The van der Waals surface area contributed by atoms with Gasteiger partial charge in [-0.2, -0.15) is 0 Å². The average molecular weight is 259 g/mol. The lowest BCUT2D eigenvalue weighted by atomic mass is 10.0. The first kappa shape index (κ1) is 12.6. The molecule has 1 heterocycles. The number of aliphatic hydroxyl groups excluding tert-OH is 1. The van der Waals surface area contributed by atoms with Crippen LogP contribution < -0.4 is 0 Å². The van der Waals surface area contributed by atoms with Crippen molar-refractivity contribution in [3.63, 3.8) is 0 Å². The van der Waals surface area contributed by atoms with Crippen molar-refractivity contribution >= 4 is 10.8 Å². The predicted molar refractivity (Wildman–Crippen MR) is 74.4 cm³/mol. The Kier molecular flexibility index (Phi) is 3.49. The third-order valence-electron chi connectivity index (χ3n) is 3.91. The van der Waals surface area contributed by atoms with Crippen molar-refractivity contribution in [3.05, 3.63) is 47.8 Å². The van der Waals surface area contributed by atoms with Gasteiger partial charge in [0.15, 0.2) is 0 Å². The summed E-state index contributed by atoms with van der Waals surface area (Å²) in [5, 5.41) is 11.2. The van der Waals surface area contributed by atoms with Gasteiger partial charge in [-0.15, -0.1) is 0 Å². The van der Waals surface area contributed by atoms with Gasteiger partial charge in [0, 0.05) is 25.0 Å². The summed E-state index contributed by atoms with van der Waals surface area (Å²) in [6.07, 6.45) is 1.51. The first-order valence-electron chi connectivity index (χ1n) is 6.80. The van der Waals surface area contributed by atoms with Crippen molar-refractivity contribution in [2.24, 2.45) is 0 Å². The molecule has 0 unspecified atom stereocenters. The number of likely N-dealkylation sites (tertiary alicyclic amines) is 1. The summed E-state index contributed by atoms with van der Waals surface area (Å²) in [5.41, 5.74) is 1.16. The lowest BCUT2D eigenvalue weighted by molar-refractivity contribution is 0.0794. The molecule has 0 radical (unpaired) electrons. The molecule has 1 aliphatic heterocycles. The lowest BCUT2D eigenvalue weighted by Crippen LogP contribution is -2.35. The summed E-state index contributed by atoms with van der Waals surface area (Å²) in [5.74, 6) is -0.159. The fraction of sp³-hybridized carbons (Fsp3) is 0.375. The highest BCUT2D eigenvalue weighted by atomic mass is 19.1. The molecule has 0 saturated carbocycles. The number of piperidine rings is 1. The Hall–Kier alpha value is -1.45. The largest absolute Gasteiger partial charge is 0.393 e. The number of aliphatic hydroxyl groups is 1. The molecule has 0 aromatic heterocycles. The number of benzene rings is 2. The summed E-state index contributed by atoms with van der Waals surface area (Å²) >= 11 is 0. The molecule has 19 heavy (non-hydrogen) atoms. The molecule has 0 amide bonds. The molecule has 0 spiro atoms. The SMILES string of the molecule is OC1CCN(Cc2ccc(F)c3ccccc23)CC1. The summed E-state index contributed by atoms with van der Waals surface area (Å²) in [4.78, 5) is 2.33. The van der Waals surface area contributed by atoms with E-state index in [0.29, 0.717) is 5.39 Å². The van der Waals surface area contributed by atoms with Crippen LogP contribution in [0.15, 0.2) is 36.4 Å². The van der Waals surface area contributed by atoms with Gasteiger partial charge in [-0.25, -0.2) is 4.39 Å². The van der Waals surface area contributed by atoms with Crippen LogP contribution in [0.25, 0.3) is 10.8 Å². The summed E-state index contributed by atoms with van der Waals surface area (Å²) in [6.45, 7) is 2.65. The Balaban J connectivity index is 1.87. The minimum atomic E-state index is -0.159. The van der Waals surface area contributed by atoms with Crippen molar-refractivity contribution in [2.75, 3.05) is 13.1 Å². The molecule has 2 nitrogen and oxygen atoms in total. The van der Waals surface area contributed by atoms with Crippen molar-refractivity contribution < 1.29 is 9.50 Å². The second kappa shape index (κ2) is 5.27. The minimum Gasteiger partial charge on any atom is -0.393 e. The number of rotatable bonds is 2. The van der Waals surface area contributed by atoms with E-state index in [9.17, 15) is 9.50 Å². The molecule has 100 valence electrons. The predicted octanol–water partition coefficient (Wildman–Crippen LogP) is 2.94. The third-order valence-corrected chi connectivity index (χ3v) is 3.91. The normalized spacial score (nSPS) is 18.0. The van der Waals surface area contributed by atoms with Crippen molar-refractivity contribution in [1.29, 1.82) is 0 Å². The van der Waals surface area contributed by atoms with E-state index < -0.39 is 0 Å². The molecular formula is C16H18FNO. The second-order valence-corrected chi connectivity index (χ2v) is 5.26. The van der Waals surface area contributed by atoms with Crippen LogP contribution in [0.5, 0.6) is 0 Å². The fourth-order valence-corrected chi connectivity index (χ4v) is 2.78. The monoisotopic (exact) mass is 259 g/mol. The van der Waals surface area contributed by atoms with Gasteiger partial charge in [-0.05, 0) is 29.9 Å². The van der Waals surface area contributed by atoms with Gasteiger partial charge in [-0.1, -0.05) is 30.3 Å². The van der Waals surface area contributed by atoms with E-state index in [1.165, 1.54) is 0 Å². The van der Waals surface area contributed by atoms with Crippen molar-refractivity contribution in [2.45, 2.75) is 25.5 Å². The standard InChI is InChI=1S/C16H18FNO/c17-16-6-5-12(14-3-1-2-4-15(14)16)11-18-9-7-13(19)8-10-18/h1-6,13,19H,7-11H2. The second-order valence-electron chi connectivity index (χ2n) is 5.26. The Morgan fingerprint density at radius 2 is 1.74 bits per heavy atom. The van der Waals surface area contributed by atoms with Crippen LogP contribution in [0.1, 0.15) is 18.4 Å². The zero-order valence-electron chi connectivity index (χ0n) is 10.8. The zero-order chi connectivity index (χ0) is 13.2. The van der Waals surface area contributed by atoms with Gasteiger partial charge in [0.1, 0.15) is 5.82 Å². The molecule has 1 aliphatic rings. The number of fused-ring (bicyclic) bond motifs is 1. The van der Waals surface area contributed by atoms with Crippen molar-refractivity contribution in [3.8, 4) is 0 Å². The summed E-state index contributed by atoms with van der Waals surface area (Å²) < 4.78 is 13.7. The highest BCUT2D eigenvalue weighted by molar-refractivity contribution is 5.86. The van der Waals surface area contributed by atoms with Gasteiger partial charge in [-0.3, -0.25) is 4.90 Å². The topological polar surface area (TPSA) is 23.5 Å². The molecule has 0 atom stereocenters. The Bertz CT molecular complexity index is 576. The van der Waals surface area contributed by atoms with E-state index in [4.69, 9.17) is 0 Å². The molecule has 2 aromatic carbocycles. The van der Waals surface area contributed by atoms with Crippen LogP contribution in [0.2, 0.25) is 0 Å².